The molecule has 468 valence electrons. The van der Waals surface area contributed by atoms with E-state index in [1.807, 2.05) is 69.0 Å². The zero-order chi connectivity index (χ0) is 61.5. The molecular weight excluding hydrogens is 1170 g/mol. The van der Waals surface area contributed by atoms with Gasteiger partial charge in [-0.1, -0.05) is 39.8 Å². The van der Waals surface area contributed by atoms with Gasteiger partial charge < -0.3 is 69.0 Å². The van der Waals surface area contributed by atoms with Gasteiger partial charge in [-0.05, 0) is 108 Å². The van der Waals surface area contributed by atoms with Crippen LogP contribution in [-0.2, 0) is 9.59 Å². The summed E-state index contributed by atoms with van der Waals surface area (Å²) >= 11 is 7.58. The summed E-state index contributed by atoms with van der Waals surface area (Å²) in [5.74, 6) is 7.38. The van der Waals surface area contributed by atoms with Crippen molar-refractivity contribution in [3.63, 3.8) is 0 Å². The minimum absolute atomic E-state index is 0.0821. The standard InChI is InChI=1S/C64H86N6O12S4/c1-9-83-63(84-10-2)49-17-13-27-69(49)61(73)45-39-55(77-7)57(41-47(45)65)81-35-15-33-79-51-23-19-43(37-53(51)75-5)21-25-59(71)67-29-31-68(32-30-67)60(72)26-22-44-20-24-52(54(38-44)76-6)80-34-16-36-82-58-42-48(66)46(40-56(58)78-8)62(74)70-28-14-18-50(70)64(85-11-3)86-12-4/h19-26,37-42,49-50,63-64H,9-18,27-36,65-66H2,1-8H3/b25-21+,26-22+/t49-,50-/m0/s1. The zero-order valence-corrected chi connectivity index (χ0v) is 54.3. The van der Waals surface area contributed by atoms with E-state index in [1.165, 1.54) is 12.2 Å². The molecule has 0 unspecified atom stereocenters. The molecule has 0 aliphatic carbocycles. The lowest BCUT2D eigenvalue weighted by Crippen LogP contribution is -2.49. The molecule has 4 N–H and O–H groups in total. The second-order valence-electron chi connectivity index (χ2n) is 20.4. The van der Waals surface area contributed by atoms with E-state index in [0.29, 0.717) is 156 Å². The molecule has 0 radical (unpaired) electrons. The van der Waals surface area contributed by atoms with Crippen LogP contribution < -0.4 is 49.4 Å². The number of carbonyl (C=O) groups is 4. The number of methoxy groups -OCH3 is 4. The summed E-state index contributed by atoms with van der Waals surface area (Å²) in [5, 5.41) is 0. The van der Waals surface area contributed by atoms with E-state index in [4.69, 9.17) is 49.4 Å². The molecule has 4 aromatic rings. The van der Waals surface area contributed by atoms with Gasteiger partial charge in [-0.15, -0.1) is 47.0 Å². The molecule has 3 heterocycles. The largest absolute Gasteiger partial charge is 0.493 e. The Morgan fingerprint density at radius 2 is 0.814 bits per heavy atom. The van der Waals surface area contributed by atoms with Crippen molar-refractivity contribution in [3.05, 3.63) is 95.1 Å². The van der Waals surface area contributed by atoms with Crippen LogP contribution in [0.1, 0.15) is 98.1 Å². The van der Waals surface area contributed by atoms with E-state index in [-0.39, 0.29) is 35.7 Å². The van der Waals surface area contributed by atoms with Crippen LogP contribution in [-0.4, -0.2) is 182 Å². The Labute approximate surface area is 525 Å². The van der Waals surface area contributed by atoms with Crippen molar-refractivity contribution in [2.75, 3.05) is 129 Å². The first kappa shape index (κ1) is 67.2. The Balaban J connectivity index is 0.812. The molecule has 3 fully saturated rings. The Hall–Kier alpha value is -6.36. The van der Waals surface area contributed by atoms with Gasteiger partial charge in [0.1, 0.15) is 0 Å². The van der Waals surface area contributed by atoms with E-state index in [1.54, 1.807) is 98.9 Å². The summed E-state index contributed by atoms with van der Waals surface area (Å²) in [6.45, 7) is 12.9. The molecule has 3 aliphatic rings. The predicted octanol–water partition coefficient (Wildman–Crippen LogP) is 10.9. The van der Waals surface area contributed by atoms with Gasteiger partial charge in [0.2, 0.25) is 11.8 Å². The summed E-state index contributed by atoms with van der Waals surface area (Å²) in [5.41, 5.74) is 16.0. The van der Waals surface area contributed by atoms with Crippen molar-refractivity contribution in [2.24, 2.45) is 0 Å². The predicted molar refractivity (Wildman–Crippen MR) is 351 cm³/mol. The number of hydrogen-bond donors (Lipinski definition) is 2. The Kier molecular flexibility index (Phi) is 26.7. The Bertz CT molecular complexity index is 2750. The molecule has 22 heteroatoms. The molecule has 86 heavy (non-hydrogen) atoms. The maximum Gasteiger partial charge on any atom is 0.256 e. The number of nitrogens with two attached hydrogens (primary N) is 2. The molecule has 18 nitrogen and oxygen atoms in total. The monoisotopic (exact) mass is 1260 g/mol. The highest BCUT2D eigenvalue weighted by Crippen LogP contribution is 2.41. The number of nitrogen functional groups attached to an aromatic ring is 2. The van der Waals surface area contributed by atoms with Crippen LogP contribution in [0.25, 0.3) is 12.2 Å². The molecule has 4 amide bonds. The highest BCUT2D eigenvalue weighted by atomic mass is 32.2. The average Bonchev–Trinajstić information content (AvgIpc) is 2.93. The van der Waals surface area contributed by atoms with Gasteiger partial charge in [0.25, 0.3) is 11.8 Å². The Morgan fingerprint density at radius 3 is 1.15 bits per heavy atom. The number of carbonyl (C=O) groups excluding carboxylic acids is 4. The summed E-state index contributed by atoms with van der Waals surface area (Å²) in [7, 11) is 6.22. The zero-order valence-electron chi connectivity index (χ0n) is 51.0. The minimum Gasteiger partial charge on any atom is -0.493 e. The molecule has 3 aliphatic heterocycles. The smallest absolute Gasteiger partial charge is 0.256 e. The molecule has 0 saturated carbocycles. The van der Waals surface area contributed by atoms with Gasteiger partial charge >= 0.3 is 0 Å². The fourth-order valence-corrected chi connectivity index (χ4v) is 16.3. The van der Waals surface area contributed by atoms with Crippen molar-refractivity contribution in [3.8, 4) is 46.0 Å². The molecule has 2 atom stereocenters. The quantitative estimate of drug-likeness (QED) is 0.0202. The van der Waals surface area contributed by atoms with E-state index in [9.17, 15) is 19.2 Å². The van der Waals surface area contributed by atoms with Gasteiger partial charge in [0.05, 0.1) is 87.2 Å². The highest BCUT2D eigenvalue weighted by Gasteiger charge is 2.38. The number of rotatable bonds is 32. The third kappa shape index (κ3) is 17.9. The third-order valence-corrected chi connectivity index (χ3v) is 20.5. The number of anilines is 2. The first-order chi connectivity index (χ1) is 41.8. The topological polar surface area (TPSA) is 207 Å². The van der Waals surface area contributed by atoms with E-state index < -0.39 is 0 Å². The first-order valence-corrected chi connectivity index (χ1v) is 33.8. The normalized spacial score (nSPS) is 16.2. The number of hydrogen-bond acceptors (Lipinski definition) is 18. The number of nitrogens with zero attached hydrogens (tertiary/aromatic N) is 4. The summed E-state index contributed by atoms with van der Waals surface area (Å²) < 4.78 is 47.5. The van der Waals surface area contributed by atoms with Crippen LogP contribution >= 0.6 is 47.0 Å². The lowest BCUT2D eigenvalue weighted by molar-refractivity contribution is -0.133. The molecule has 3 saturated heterocycles. The Morgan fingerprint density at radius 1 is 0.477 bits per heavy atom. The number of piperazine rings is 1. The van der Waals surface area contributed by atoms with Crippen molar-refractivity contribution in [1.29, 1.82) is 0 Å². The first-order valence-electron chi connectivity index (χ1n) is 29.6. The van der Waals surface area contributed by atoms with Crippen LogP contribution in [0.3, 0.4) is 0 Å². The molecule has 0 aromatic heterocycles. The number of ether oxygens (including phenoxy) is 8. The van der Waals surface area contributed by atoms with E-state index in [0.717, 1.165) is 59.8 Å². The van der Waals surface area contributed by atoms with Crippen LogP contribution in [0.5, 0.6) is 46.0 Å². The highest BCUT2D eigenvalue weighted by molar-refractivity contribution is 8.17. The summed E-state index contributed by atoms with van der Waals surface area (Å²) in [6.07, 6.45) is 11.5. The van der Waals surface area contributed by atoms with Crippen LogP contribution in [0.15, 0.2) is 72.8 Å². The third-order valence-electron chi connectivity index (χ3n) is 14.9. The minimum atomic E-state index is -0.160. The van der Waals surface area contributed by atoms with E-state index >= 15 is 0 Å². The van der Waals surface area contributed by atoms with Crippen LogP contribution in [0, 0.1) is 0 Å². The second kappa shape index (κ2) is 34.3. The van der Waals surface area contributed by atoms with Gasteiger partial charge in [-0.25, -0.2) is 0 Å². The average molecular weight is 1260 g/mol. The fourth-order valence-electron chi connectivity index (χ4n) is 10.6. The van der Waals surface area contributed by atoms with Crippen molar-refractivity contribution in [2.45, 2.75) is 87.5 Å². The SMILES string of the molecule is CCSC(SCC)[C@@H]1CCCN1C(=O)c1cc(OC)c(OCCCOc2ccc(/C=C/C(=O)N3CCN(C(=O)/C=C/c4ccc(OCCCOc5cc(N)c(C(=O)N6CCC[C@H]6C(SCC)SCC)cc5OC)c(OC)c4)CC3)cc2OC)cc1N. The number of likely N-dealkylation sites (tertiary alicyclic amines) is 2. The van der Waals surface area contributed by atoms with Crippen LogP contribution in [0.2, 0.25) is 0 Å². The second-order valence-corrected chi connectivity index (χ2v) is 26.7. The maximum atomic E-state index is 13.9. The number of thioether (sulfide) groups is 4. The molecular formula is C64H86N6O12S4. The van der Waals surface area contributed by atoms with Gasteiger partial charge in [-0.3, -0.25) is 19.2 Å². The van der Waals surface area contributed by atoms with Gasteiger partial charge in [0, 0.05) is 87.8 Å². The molecule has 7 rings (SSSR count). The summed E-state index contributed by atoms with van der Waals surface area (Å²) in [4.78, 5) is 61.7. The summed E-state index contributed by atoms with van der Waals surface area (Å²) in [6, 6.07) is 17.9. The molecule has 4 aromatic carbocycles. The molecule has 0 spiro atoms. The van der Waals surface area contributed by atoms with Crippen molar-refractivity contribution in [1.82, 2.24) is 19.6 Å². The van der Waals surface area contributed by atoms with Crippen LogP contribution in [0.4, 0.5) is 11.4 Å². The number of amides is 4. The number of benzene rings is 4. The lowest BCUT2D eigenvalue weighted by Gasteiger charge is -2.33. The molecule has 0 bridgehead atoms. The van der Waals surface area contributed by atoms with Gasteiger partial charge in [0.15, 0.2) is 46.0 Å². The van der Waals surface area contributed by atoms with Gasteiger partial charge in [-0.2, -0.15) is 0 Å². The van der Waals surface area contributed by atoms with Crippen molar-refractivity contribution >= 4 is 94.2 Å². The lowest BCUT2D eigenvalue weighted by atomic mass is 10.1. The fraction of sp³-hybridized carbons (Fsp3) is 0.500. The van der Waals surface area contributed by atoms with Crippen molar-refractivity contribution < 1.29 is 57.1 Å². The maximum absolute atomic E-state index is 13.9. The van der Waals surface area contributed by atoms with E-state index in [2.05, 4.69) is 27.7 Å².